The second-order valence-electron chi connectivity index (χ2n) is 7.80. The van der Waals surface area contributed by atoms with Crippen LogP contribution >= 0.6 is 11.8 Å². The summed E-state index contributed by atoms with van der Waals surface area (Å²) in [6.07, 6.45) is 1.69. The largest absolute Gasteiger partial charge is 0.339 e. The van der Waals surface area contributed by atoms with E-state index in [2.05, 4.69) is 15.1 Å². The fourth-order valence-electron chi connectivity index (χ4n) is 2.80. The lowest BCUT2D eigenvalue weighted by Gasteiger charge is -2.12. The molecular formula is C21H21N5O2S. The topological polar surface area (TPSA) is 86.7 Å². The Hall–Kier alpha value is -3.00. The summed E-state index contributed by atoms with van der Waals surface area (Å²) < 4.78 is 6.91. The van der Waals surface area contributed by atoms with Crippen LogP contribution < -0.4 is 5.56 Å². The standard InChI is InChI=1S/C21H21N5O2S/c1-13-9-10-22-17(11-13)26-18(27)14-7-5-6-8-15(14)23-20(26)29-12-16-24-19(28-25-16)21(2,3)4/h5-11H,12H2,1-4H3. The first-order valence-electron chi connectivity index (χ1n) is 9.23. The quantitative estimate of drug-likeness (QED) is 0.372. The van der Waals surface area contributed by atoms with Crippen molar-refractivity contribution in [3.05, 3.63) is 70.2 Å². The van der Waals surface area contributed by atoms with Crippen molar-refractivity contribution in [2.24, 2.45) is 0 Å². The Morgan fingerprint density at radius 1 is 1.14 bits per heavy atom. The molecule has 8 heteroatoms. The van der Waals surface area contributed by atoms with Crippen molar-refractivity contribution >= 4 is 22.7 Å². The lowest BCUT2D eigenvalue weighted by molar-refractivity contribution is 0.319. The van der Waals surface area contributed by atoms with Crippen molar-refractivity contribution in [3.63, 3.8) is 0 Å². The predicted molar refractivity (Wildman–Crippen MR) is 112 cm³/mol. The van der Waals surface area contributed by atoms with Crippen molar-refractivity contribution in [2.75, 3.05) is 0 Å². The third-order valence-corrected chi connectivity index (χ3v) is 5.25. The summed E-state index contributed by atoms with van der Waals surface area (Å²) in [5.74, 6) is 2.11. The molecule has 0 amide bonds. The summed E-state index contributed by atoms with van der Waals surface area (Å²) >= 11 is 1.38. The van der Waals surface area contributed by atoms with Gasteiger partial charge in [0, 0.05) is 11.6 Å². The first-order valence-corrected chi connectivity index (χ1v) is 10.2. The molecule has 0 atom stereocenters. The number of thioether (sulfide) groups is 1. The summed E-state index contributed by atoms with van der Waals surface area (Å²) in [5, 5.41) is 5.15. The molecule has 0 unspecified atom stereocenters. The maximum Gasteiger partial charge on any atom is 0.267 e. The Bertz CT molecular complexity index is 1240. The van der Waals surface area contributed by atoms with E-state index in [1.165, 1.54) is 11.8 Å². The molecule has 4 rings (SSSR count). The summed E-state index contributed by atoms with van der Waals surface area (Å²) in [5.41, 5.74) is 1.29. The second kappa shape index (κ2) is 7.44. The lowest BCUT2D eigenvalue weighted by Crippen LogP contribution is -2.22. The average Bonchev–Trinajstić information content (AvgIpc) is 3.16. The van der Waals surface area contributed by atoms with Gasteiger partial charge in [-0.1, -0.05) is 49.8 Å². The van der Waals surface area contributed by atoms with Crippen LogP contribution in [0.5, 0.6) is 0 Å². The van der Waals surface area contributed by atoms with Gasteiger partial charge in [-0.3, -0.25) is 4.79 Å². The van der Waals surface area contributed by atoms with Gasteiger partial charge in [0.1, 0.15) is 5.82 Å². The monoisotopic (exact) mass is 407 g/mol. The van der Waals surface area contributed by atoms with Gasteiger partial charge in [-0.05, 0) is 36.8 Å². The van der Waals surface area contributed by atoms with E-state index in [0.717, 1.165) is 5.56 Å². The van der Waals surface area contributed by atoms with E-state index < -0.39 is 0 Å². The van der Waals surface area contributed by atoms with E-state index in [1.807, 2.05) is 58.0 Å². The van der Waals surface area contributed by atoms with Crippen molar-refractivity contribution in [3.8, 4) is 5.82 Å². The van der Waals surface area contributed by atoms with Gasteiger partial charge in [0.05, 0.1) is 16.7 Å². The number of nitrogens with zero attached hydrogens (tertiary/aromatic N) is 5. The SMILES string of the molecule is Cc1ccnc(-n2c(SCc3noc(C(C)(C)C)n3)nc3ccccc3c2=O)c1. The molecule has 148 valence electrons. The minimum absolute atomic E-state index is 0.153. The number of aromatic nitrogens is 5. The molecular weight excluding hydrogens is 386 g/mol. The summed E-state index contributed by atoms with van der Waals surface area (Å²) in [7, 11) is 0. The van der Waals surface area contributed by atoms with E-state index in [9.17, 15) is 4.79 Å². The number of para-hydroxylation sites is 1. The van der Waals surface area contributed by atoms with Gasteiger partial charge in [0.2, 0.25) is 5.89 Å². The molecule has 0 spiro atoms. The van der Waals surface area contributed by atoms with Gasteiger partial charge in [-0.25, -0.2) is 14.5 Å². The molecule has 0 fully saturated rings. The fraction of sp³-hybridized carbons (Fsp3) is 0.286. The number of aryl methyl sites for hydroxylation is 1. The molecule has 0 aliphatic rings. The smallest absolute Gasteiger partial charge is 0.267 e. The van der Waals surface area contributed by atoms with Crippen molar-refractivity contribution < 1.29 is 4.52 Å². The number of hydrogen-bond acceptors (Lipinski definition) is 7. The fourth-order valence-corrected chi connectivity index (χ4v) is 3.64. The zero-order valence-corrected chi connectivity index (χ0v) is 17.5. The Morgan fingerprint density at radius 3 is 2.66 bits per heavy atom. The van der Waals surface area contributed by atoms with Gasteiger partial charge in [0.15, 0.2) is 11.0 Å². The van der Waals surface area contributed by atoms with Crippen molar-refractivity contribution in [2.45, 2.75) is 44.0 Å². The summed E-state index contributed by atoms with van der Waals surface area (Å²) in [4.78, 5) is 26.8. The van der Waals surface area contributed by atoms with Gasteiger partial charge in [-0.2, -0.15) is 4.98 Å². The van der Waals surface area contributed by atoms with E-state index >= 15 is 0 Å². The normalized spacial score (nSPS) is 11.9. The zero-order valence-electron chi connectivity index (χ0n) is 16.7. The Kier molecular flexibility index (Phi) is 4.96. The van der Waals surface area contributed by atoms with Crippen LogP contribution in [0.1, 0.15) is 38.0 Å². The molecule has 0 bridgehead atoms. The van der Waals surface area contributed by atoms with Crippen LogP contribution in [0.25, 0.3) is 16.7 Å². The van der Waals surface area contributed by atoms with Gasteiger partial charge in [-0.15, -0.1) is 0 Å². The number of rotatable bonds is 4. The zero-order chi connectivity index (χ0) is 20.6. The lowest BCUT2D eigenvalue weighted by atomic mass is 9.97. The first kappa shape index (κ1) is 19.3. The van der Waals surface area contributed by atoms with E-state index in [4.69, 9.17) is 9.51 Å². The highest BCUT2D eigenvalue weighted by Crippen LogP contribution is 2.25. The van der Waals surface area contributed by atoms with E-state index in [-0.39, 0.29) is 11.0 Å². The maximum absolute atomic E-state index is 13.2. The number of fused-ring (bicyclic) bond motifs is 1. The van der Waals surface area contributed by atoms with Gasteiger partial charge >= 0.3 is 0 Å². The molecule has 4 aromatic rings. The average molecular weight is 407 g/mol. The van der Waals surface area contributed by atoms with Crippen LogP contribution in [0, 0.1) is 6.92 Å². The minimum atomic E-state index is -0.218. The molecule has 0 aliphatic carbocycles. The number of benzene rings is 1. The van der Waals surface area contributed by atoms with Crippen LogP contribution in [0.4, 0.5) is 0 Å². The van der Waals surface area contributed by atoms with Crippen molar-refractivity contribution in [1.82, 2.24) is 24.7 Å². The molecule has 29 heavy (non-hydrogen) atoms. The molecule has 1 aromatic carbocycles. The molecule has 0 N–H and O–H groups in total. The molecule has 0 aliphatic heterocycles. The Morgan fingerprint density at radius 2 is 1.93 bits per heavy atom. The van der Waals surface area contributed by atoms with Crippen LogP contribution in [-0.4, -0.2) is 24.7 Å². The number of hydrogen-bond donors (Lipinski definition) is 0. The second-order valence-corrected chi connectivity index (χ2v) is 8.74. The van der Waals surface area contributed by atoms with Crippen LogP contribution in [0.2, 0.25) is 0 Å². The molecule has 3 heterocycles. The van der Waals surface area contributed by atoms with Gasteiger partial charge in [0.25, 0.3) is 5.56 Å². The minimum Gasteiger partial charge on any atom is -0.339 e. The summed E-state index contributed by atoms with van der Waals surface area (Å²) in [6, 6.07) is 11.1. The van der Waals surface area contributed by atoms with Crippen LogP contribution in [0.15, 0.2) is 57.1 Å². The Labute approximate surface area is 172 Å². The molecule has 0 radical (unpaired) electrons. The third-order valence-electron chi connectivity index (χ3n) is 4.32. The highest BCUT2D eigenvalue weighted by atomic mass is 32.2. The molecule has 0 saturated carbocycles. The van der Waals surface area contributed by atoms with Crippen LogP contribution in [0.3, 0.4) is 0 Å². The first-order chi connectivity index (χ1) is 13.8. The molecule has 3 aromatic heterocycles. The maximum atomic E-state index is 13.2. The Balaban J connectivity index is 1.77. The highest BCUT2D eigenvalue weighted by molar-refractivity contribution is 7.98. The number of pyridine rings is 1. The van der Waals surface area contributed by atoms with E-state index in [1.54, 1.807) is 16.8 Å². The predicted octanol–water partition coefficient (Wildman–Crippen LogP) is 4.06. The molecule has 7 nitrogen and oxygen atoms in total. The summed E-state index contributed by atoms with van der Waals surface area (Å²) in [6.45, 7) is 8.01. The van der Waals surface area contributed by atoms with Crippen LogP contribution in [-0.2, 0) is 11.2 Å². The van der Waals surface area contributed by atoms with Crippen molar-refractivity contribution in [1.29, 1.82) is 0 Å². The molecule has 0 saturated heterocycles. The van der Waals surface area contributed by atoms with E-state index in [0.29, 0.717) is 39.3 Å². The highest BCUT2D eigenvalue weighted by Gasteiger charge is 2.22. The van der Waals surface area contributed by atoms with Gasteiger partial charge < -0.3 is 4.52 Å². The third kappa shape index (κ3) is 3.93.